The monoisotopic (exact) mass is 244 g/mol. The Balaban J connectivity index is 1.89. The first-order valence-electron chi connectivity index (χ1n) is 5.12. The first kappa shape index (κ1) is 10.9. The third-order valence-electron chi connectivity index (χ3n) is 3.02. The van der Waals surface area contributed by atoms with Gasteiger partial charge in [0.2, 0.25) is 0 Å². The summed E-state index contributed by atoms with van der Waals surface area (Å²) in [5.41, 5.74) is 0.539. The predicted molar refractivity (Wildman–Crippen MR) is 69.8 cm³/mol. The van der Waals surface area contributed by atoms with Crippen molar-refractivity contribution in [1.82, 2.24) is 0 Å². The molecule has 0 aromatic carbocycles. The molecule has 0 radical (unpaired) electrons. The largest absolute Gasteiger partial charge is 0.179 e. The molecule has 0 aliphatic heterocycles. The van der Waals surface area contributed by atoms with Crippen molar-refractivity contribution in [3.8, 4) is 0 Å². The van der Waals surface area contributed by atoms with E-state index >= 15 is 0 Å². The SMILES string of the molecule is SCC1(CSc2cccs2)CCCC1. The fourth-order valence-electron chi connectivity index (χ4n) is 2.04. The van der Waals surface area contributed by atoms with Crippen LogP contribution in [0.3, 0.4) is 0 Å². The average molecular weight is 244 g/mol. The van der Waals surface area contributed by atoms with Crippen LogP contribution in [0.1, 0.15) is 25.7 Å². The Morgan fingerprint density at radius 3 is 2.79 bits per heavy atom. The second-order valence-corrected chi connectivity index (χ2v) is 6.63. The smallest absolute Gasteiger partial charge is 0.0598 e. The van der Waals surface area contributed by atoms with Crippen molar-refractivity contribution in [1.29, 1.82) is 0 Å². The lowest BCUT2D eigenvalue weighted by Crippen LogP contribution is -2.21. The van der Waals surface area contributed by atoms with E-state index in [2.05, 4.69) is 30.1 Å². The van der Waals surface area contributed by atoms with Crippen molar-refractivity contribution < 1.29 is 0 Å². The van der Waals surface area contributed by atoms with Crippen LogP contribution < -0.4 is 0 Å². The van der Waals surface area contributed by atoms with Crippen LogP contribution in [0.2, 0.25) is 0 Å². The molecule has 1 aliphatic rings. The fourth-order valence-corrected chi connectivity index (χ4v) is 4.70. The van der Waals surface area contributed by atoms with Crippen LogP contribution in [0.4, 0.5) is 0 Å². The molecule has 1 fully saturated rings. The van der Waals surface area contributed by atoms with E-state index in [1.807, 2.05) is 23.1 Å². The van der Waals surface area contributed by atoms with Gasteiger partial charge < -0.3 is 0 Å². The highest BCUT2D eigenvalue weighted by Crippen LogP contribution is 2.43. The normalized spacial score (nSPS) is 20.1. The molecule has 0 N–H and O–H groups in total. The molecule has 1 saturated carbocycles. The molecular weight excluding hydrogens is 228 g/mol. The molecule has 1 heterocycles. The minimum Gasteiger partial charge on any atom is -0.179 e. The summed E-state index contributed by atoms with van der Waals surface area (Å²) < 4.78 is 1.46. The molecule has 1 aliphatic carbocycles. The molecular formula is C11H16S3. The van der Waals surface area contributed by atoms with E-state index in [-0.39, 0.29) is 0 Å². The number of hydrogen-bond donors (Lipinski definition) is 1. The van der Waals surface area contributed by atoms with Crippen LogP contribution in [0.25, 0.3) is 0 Å². The molecule has 1 aromatic rings. The molecule has 0 nitrogen and oxygen atoms in total. The van der Waals surface area contributed by atoms with Gasteiger partial charge in [0.05, 0.1) is 4.21 Å². The molecule has 14 heavy (non-hydrogen) atoms. The Kier molecular flexibility index (Phi) is 3.86. The highest BCUT2D eigenvalue weighted by Gasteiger charge is 2.32. The van der Waals surface area contributed by atoms with Crippen LogP contribution >= 0.6 is 35.7 Å². The molecule has 0 bridgehead atoms. The Bertz CT molecular complexity index is 260. The van der Waals surface area contributed by atoms with Gasteiger partial charge in [0.15, 0.2) is 0 Å². The molecule has 78 valence electrons. The van der Waals surface area contributed by atoms with E-state index in [1.54, 1.807) is 0 Å². The number of thiophene rings is 1. The van der Waals surface area contributed by atoms with E-state index in [0.29, 0.717) is 5.41 Å². The maximum absolute atomic E-state index is 4.52. The van der Waals surface area contributed by atoms with Crippen LogP contribution in [-0.2, 0) is 0 Å². The summed E-state index contributed by atoms with van der Waals surface area (Å²) in [6.45, 7) is 0. The van der Waals surface area contributed by atoms with Crippen molar-refractivity contribution in [2.45, 2.75) is 29.9 Å². The van der Waals surface area contributed by atoms with Gasteiger partial charge in [0, 0.05) is 5.75 Å². The topological polar surface area (TPSA) is 0 Å². The molecule has 1 aromatic heterocycles. The maximum Gasteiger partial charge on any atom is 0.0598 e. The third-order valence-corrected chi connectivity index (χ3v) is 6.17. The Morgan fingerprint density at radius 1 is 1.43 bits per heavy atom. The zero-order valence-corrected chi connectivity index (χ0v) is 10.8. The van der Waals surface area contributed by atoms with Gasteiger partial charge in [-0.25, -0.2) is 0 Å². The lowest BCUT2D eigenvalue weighted by Gasteiger charge is -2.25. The second kappa shape index (κ2) is 4.95. The predicted octanol–water partition coefficient (Wildman–Crippen LogP) is 4.33. The first-order valence-corrected chi connectivity index (χ1v) is 7.62. The molecule has 0 amide bonds. The second-order valence-electron chi connectivity index (χ2n) is 4.09. The summed E-state index contributed by atoms with van der Waals surface area (Å²) >= 11 is 8.39. The number of hydrogen-bond acceptors (Lipinski definition) is 3. The Labute approximate surface area is 99.9 Å². The molecule has 2 rings (SSSR count). The average Bonchev–Trinajstić information content (AvgIpc) is 2.87. The summed E-state index contributed by atoms with van der Waals surface area (Å²) in [4.78, 5) is 0. The zero-order chi connectivity index (χ0) is 9.86. The summed E-state index contributed by atoms with van der Waals surface area (Å²) in [6.07, 6.45) is 5.58. The molecule has 0 saturated heterocycles. The Hall–Kier alpha value is 0.400. The highest BCUT2D eigenvalue weighted by atomic mass is 32.2. The van der Waals surface area contributed by atoms with Gasteiger partial charge >= 0.3 is 0 Å². The van der Waals surface area contributed by atoms with E-state index in [0.717, 1.165) is 5.75 Å². The van der Waals surface area contributed by atoms with Crippen LogP contribution in [-0.4, -0.2) is 11.5 Å². The van der Waals surface area contributed by atoms with E-state index < -0.39 is 0 Å². The van der Waals surface area contributed by atoms with Crippen molar-refractivity contribution >= 4 is 35.7 Å². The van der Waals surface area contributed by atoms with Crippen molar-refractivity contribution in [3.63, 3.8) is 0 Å². The van der Waals surface area contributed by atoms with Crippen LogP contribution in [0.5, 0.6) is 0 Å². The Morgan fingerprint density at radius 2 is 2.21 bits per heavy atom. The summed E-state index contributed by atoms with van der Waals surface area (Å²) in [6, 6.07) is 4.35. The van der Waals surface area contributed by atoms with Crippen LogP contribution in [0, 0.1) is 5.41 Å². The van der Waals surface area contributed by atoms with Gasteiger partial charge in [-0.1, -0.05) is 18.9 Å². The number of thioether (sulfide) groups is 1. The fraction of sp³-hybridized carbons (Fsp3) is 0.636. The number of rotatable bonds is 4. The minimum absolute atomic E-state index is 0.539. The van der Waals surface area contributed by atoms with E-state index in [9.17, 15) is 0 Å². The summed E-state index contributed by atoms with van der Waals surface area (Å²) in [5.74, 6) is 2.32. The van der Waals surface area contributed by atoms with Crippen molar-refractivity contribution in [2.24, 2.45) is 5.41 Å². The van der Waals surface area contributed by atoms with Gasteiger partial charge in [0.1, 0.15) is 0 Å². The van der Waals surface area contributed by atoms with Gasteiger partial charge in [-0.05, 0) is 35.5 Å². The molecule has 3 heteroatoms. The third kappa shape index (κ3) is 2.50. The zero-order valence-electron chi connectivity index (χ0n) is 8.24. The van der Waals surface area contributed by atoms with E-state index in [1.165, 1.54) is 35.6 Å². The molecule has 0 spiro atoms. The maximum atomic E-state index is 4.52. The van der Waals surface area contributed by atoms with E-state index in [4.69, 9.17) is 0 Å². The highest BCUT2D eigenvalue weighted by molar-refractivity contribution is 8.01. The van der Waals surface area contributed by atoms with Gasteiger partial charge in [-0.3, -0.25) is 0 Å². The van der Waals surface area contributed by atoms with Crippen molar-refractivity contribution in [2.75, 3.05) is 11.5 Å². The van der Waals surface area contributed by atoms with Gasteiger partial charge in [-0.15, -0.1) is 23.1 Å². The lowest BCUT2D eigenvalue weighted by molar-refractivity contribution is 0.403. The van der Waals surface area contributed by atoms with Gasteiger partial charge in [0.25, 0.3) is 0 Å². The summed E-state index contributed by atoms with van der Waals surface area (Å²) in [7, 11) is 0. The molecule has 0 atom stereocenters. The van der Waals surface area contributed by atoms with Crippen LogP contribution in [0.15, 0.2) is 21.7 Å². The standard InChI is InChI=1S/C11H16S3/c12-8-11(5-1-2-6-11)9-14-10-4-3-7-13-10/h3-4,7,12H,1-2,5-6,8-9H2. The first-order chi connectivity index (χ1) is 6.85. The lowest BCUT2D eigenvalue weighted by atomic mass is 9.91. The quantitative estimate of drug-likeness (QED) is 0.607. The molecule has 0 unspecified atom stereocenters. The number of thiol groups is 1. The van der Waals surface area contributed by atoms with Crippen molar-refractivity contribution in [3.05, 3.63) is 17.5 Å². The van der Waals surface area contributed by atoms with Gasteiger partial charge in [-0.2, -0.15) is 12.6 Å². The minimum atomic E-state index is 0.539. The summed E-state index contributed by atoms with van der Waals surface area (Å²) in [5, 5.41) is 2.16.